The number of rotatable bonds is 7. The van der Waals surface area contributed by atoms with E-state index in [4.69, 9.17) is 0 Å². The molecule has 0 heterocycles. The van der Waals surface area contributed by atoms with Crippen LogP contribution in [0.3, 0.4) is 0 Å². The van der Waals surface area contributed by atoms with Crippen LogP contribution in [0.5, 0.6) is 0 Å². The number of fused-ring (bicyclic) bond motifs is 3. The van der Waals surface area contributed by atoms with E-state index in [9.17, 15) is 0 Å². The van der Waals surface area contributed by atoms with Crippen LogP contribution in [0.4, 0.5) is 17.1 Å². The molecule has 0 unspecified atom stereocenters. The standard InChI is InChI=1S/C51H39N/c1-51(2)48-23-13-11-22-46(48)47-34-33-42(35-49(47)51)52(50-24-14-12-21-45(50)38-17-7-4-8-18-38)41-31-29-40(30-32-41)44-20-10-9-19-43(44)39-27-25-37(26-28-39)36-15-5-3-6-16-36/h3-35H,1-2H3. The lowest BCUT2D eigenvalue weighted by Gasteiger charge is -2.30. The molecule has 8 aromatic rings. The normalized spacial score (nSPS) is 12.6. The van der Waals surface area contributed by atoms with Gasteiger partial charge in [-0.3, -0.25) is 0 Å². The lowest BCUT2D eigenvalue weighted by atomic mass is 9.82. The molecule has 0 radical (unpaired) electrons. The summed E-state index contributed by atoms with van der Waals surface area (Å²) < 4.78 is 0. The largest absolute Gasteiger partial charge is 0.310 e. The van der Waals surface area contributed by atoms with Gasteiger partial charge in [0.15, 0.2) is 0 Å². The van der Waals surface area contributed by atoms with Gasteiger partial charge in [0.05, 0.1) is 5.69 Å². The average Bonchev–Trinajstić information content (AvgIpc) is 3.44. The third-order valence-corrected chi connectivity index (χ3v) is 10.7. The maximum Gasteiger partial charge on any atom is 0.0540 e. The van der Waals surface area contributed by atoms with Crippen LogP contribution in [0.15, 0.2) is 200 Å². The van der Waals surface area contributed by atoms with Crippen LogP contribution in [0.1, 0.15) is 25.0 Å². The summed E-state index contributed by atoms with van der Waals surface area (Å²) >= 11 is 0. The van der Waals surface area contributed by atoms with Crippen molar-refractivity contribution >= 4 is 17.1 Å². The molecule has 0 bridgehead atoms. The van der Waals surface area contributed by atoms with Gasteiger partial charge in [0.25, 0.3) is 0 Å². The Labute approximate surface area is 307 Å². The van der Waals surface area contributed by atoms with Crippen molar-refractivity contribution in [3.8, 4) is 55.6 Å². The Morgan fingerprint density at radius 2 is 0.731 bits per heavy atom. The van der Waals surface area contributed by atoms with Crippen LogP contribution >= 0.6 is 0 Å². The van der Waals surface area contributed by atoms with E-state index < -0.39 is 0 Å². The van der Waals surface area contributed by atoms with Crippen molar-refractivity contribution in [1.82, 2.24) is 0 Å². The molecule has 248 valence electrons. The molecular weight excluding hydrogens is 627 g/mol. The topological polar surface area (TPSA) is 3.24 Å². The van der Waals surface area contributed by atoms with E-state index in [-0.39, 0.29) is 5.41 Å². The van der Waals surface area contributed by atoms with E-state index in [0.29, 0.717) is 0 Å². The minimum absolute atomic E-state index is 0.0978. The molecular formula is C51H39N. The highest BCUT2D eigenvalue weighted by molar-refractivity contribution is 5.91. The van der Waals surface area contributed by atoms with Crippen LogP contribution in [-0.2, 0) is 5.41 Å². The minimum atomic E-state index is -0.0978. The number of hydrogen-bond donors (Lipinski definition) is 0. The van der Waals surface area contributed by atoms with Crippen molar-refractivity contribution in [2.45, 2.75) is 19.3 Å². The Balaban J connectivity index is 1.14. The van der Waals surface area contributed by atoms with Crippen molar-refractivity contribution in [3.05, 3.63) is 211 Å². The van der Waals surface area contributed by atoms with Gasteiger partial charge in [-0.05, 0) is 91.5 Å². The molecule has 0 fully saturated rings. The second-order valence-electron chi connectivity index (χ2n) is 14.2. The lowest BCUT2D eigenvalue weighted by Crippen LogP contribution is -2.16. The summed E-state index contributed by atoms with van der Waals surface area (Å²) in [5.41, 5.74) is 18.4. The predicted octanol–water partition coefficient (Wildman–Crippen LogP) is 14.1. The first-order chi connectivity index (χ1) is 25.6. The van der Waals surface area contributed by atoms with E-state index in [0.717, 1.165) is 17.1 Å². The SMILES string of the molecule is CC1(C)c2ccccc2-c2ccc(N(c3ccc(-c4ccccc4-c4ccc(-c5ccccc5)cc4)cc3)c3ccccc3-c3ccccc3)cc21. The van der Waals surface area contributed by atoms with Gasteiger partial charge in [0.2, 0.25) is 0 Å². The zero-order valence-corrected chi connectivity index (χ0v) is 29.5. The Bertz CT molecular complexity index is 2510. The van der Waals surface area contributed by atoms with Gasteiger partial charge < -0.3 is 4.90 Å². The summed E-state index contributed by atoms with van der Waals surface area (Å²) in [4.78, 5) is 2.43. The Morgan fingerprint density at radius 1 is 0.308 bits per heavy atom. The number of hydrogen-bond acceptors (Lipinski definition) is 1. The summed E-state index contributed by atoms with van der Waals surface area (Å²) in [6, 6.07) is 72.7. The van der Waals surface area contributed by atoms with Gasteiger partial charge in [-0.25, -0.2) is 0 Å². The Hall–Kier alpha value is -6.44. The van der Waals surface area contributed by atoms with Crippen LogP contribution in [0.25, 0.3) is 55.6 Å². The first-order valence-electron chi connectivity index (χ1n) is 18.1. The summed E-state index contributed by atoms with van der Waals surface area (Å²) in [6.07, 6.45) is 0. The highest BCUT2D eigenvalue weighted by Crippen LogP contribution is 2.51. The van der Waals surface area contributed by atoms with Gasteiger partial charge in [0.1, 0.15) is 0 Å². The number of benzene rings is 8. The molecule has 0 spiro atoms. The molecule has 0 amide bonds. The first-order valence-corrected chi connectivity index (χ1v) is 18.1. The summed E-state index contributed by atoms with van der Waals surface area (Å²) in [5.74, 6) is 0. The molecule has 0 aromatic heterocycles. The third-order valence-electron chi connectivity index (χ3n) is 10.7. The van der Waals surface area contributed by atoms with Gasteiger partial charge in [-0.1, -0.05) is 184 Å². The molecule has 52 heavy (non-hydrogen) atoms. The van der Waals surface area contributed by atoms with Crippen molar-refractivity contribution in [2.75, 3.05) is 4.90 Å². The maximum absolute atomic E-state index is 2.43. The average molecular weight is 666 g/mol. The minimum Gasteiger partial charge on any atom is -0.310 e. The van der Waals surface area contributed by atoms with Gasteiger partial charge in [-0.15, -0.1) is 0 Å². The van der Waals surface area contributed by atoms with E-state index in [1.807, 2.05) is 0 Å². The zero-order chi connectivity index (χ0) is 35.1. The fourth-order valence-corrected chi connectivity index (χ4v) is 8.04. The quantitative estimate of drug-likeness (QED) is 0.164. The summed E-state index contributed by atoms with van der Waals surface area (Å²) in [5, 5.41) is 0. The van der Waals surface area contributed by atoms with Gasteiger partial charge in [0, 0.05) is 22.4 Å². The summed E-state index contributed by atoms with van der Waals surface area (Å²) in [6.45, 7) is 4.70. The zero-order valence-electron chi connectivity index (χ0n) is 29.5. The van der Waals surface area contributed by atoms with Crippen molar-refractivity contribution < 1.29 is 0 Å². The monoisotopic (exact) mass is 665 g/mol. The van der Waals surface area contributed by atoms with Crippen molar-refractivity contribution in [3.63, 3.8) is 0 Å². The highest BCUT2D eigenvalue weighted by atomic mass is 15.1. The molecule has 1 aliphatic rings. The van der Waals surface area contributed by atoms with E-state index >= 15 is 0 Å². The van der Waals surface area contributed by atoms with Crippen LogP contribution in [-0.4, -0.2) is 0 Å². The van der Waals surface area contributed by atoms with Crippen LogP contribution in [0, 0.1) is 0 Å². The van der Waals surface area contributed by atoms with Crippen molar-refractivity contribution in [1.29, 1.82) is 0 Å². The fraction of sp³-hybridized carbons (Fsp3) is 0.0588. The molecule has 0 aliphatic heterocycles. The smallest absolute Gasteiger partial charge is 0.0540 e. The maximum atomic E-state index is 2.43. The third kappa shape index (κ3) is 5.52. The number of nitrogens with zero attached hydrogens (tertiary/aromatic N) is 1. The summed E-state index contributed by atoms with van der Waals surface area (Å²) in [7, 11) is 0. The molecule has 1 nitrogen and oxygen atoms in total. The Kier molecular flexibility index (Phi) is 7.90. The molecule has 8 aromatic carbocycles. The van der Waals surface area contributed by atoms with Crippen LogP contribution < -0.4 is 4.90 Å². The molecule has 9 rings (SSSR count). The van der Waals surface area contributed by atoms with E-state index in [1.54, 1.807) is 0 Å². The lowest BCUT2D eigenvalue weighted by molar-refractivity contribution is 0.660. The second-order valence-corrected chi connectivity index (χ2v) is 14.2. The molecule has 0 atom stereocenters. The second kappa shape index (κ2) is 13.0. The van der Waals surface area contributed by atoms with Crippen LogP contribution in [0.2, 0.25) is 0 Å². The highest BCUT2D eigenvalue weighted by Gasteiger charge is 2.35. The van der Waals surface area contributed by atoms with E-state index in [1.165, 1.54) is 66.8 Å². The number of para-hydroxylation sites is 1. The number of anilines is 3. The molecule has 0 N–H and O–H groups in total. The first kappa shape index (κ1) is 31.5. The van der Waals surface area contributed by atoms with Crippen molar-refractivity contribution in [2.24, 2.45) is 0 Å². The van der Waals surface area contributed by atoms with E-state index in [2.05, 4.69) is 219 Å². The van der Waals surface area contributed by atoms with Gasteiger partial charge in [-0.2, -0.15) is 0 Å². The van der Waals surface area contributed by atoms with Gasteiger partial charge >= 0.3 is 0 Å². The Morgan fingerprint density at radius 3 is 1.38 bits per heavy atom. The molecule has 0 saturated heterocycles. The molecule has 1 aliphatic carbocycles. The molecule has 1 heteroatoms. The predicted molar refractivity (Wildman–Crippen MR) is 220 cm³/mol. The molecule has 0 saturated carbocycles. The fourth-order valence-electron chi connectivity index (χ4n) is 8.04.